The van der Waals surface area contributed by atoms with Gasteiger partial charge in [0.05, 0.1) is 24.9 Å². The van der Waals surface area contributed by atoms with Gasteiger partial charge >= 0.3 is 0 Å². The highest BCUT2D eigenvalue weighted by Gasteiger charge is 2.09. The molecule has 1 aromatic carbocycles. The molecule has 0 aliphatic carbocycles. The average molecular weight is 258 g/mol. The molecule has 0 aromatic heterocycles. The van der Waals surface area contributed by atoms with E-state index in [1.54, 1.807) is 20.3 Å². The quantitative estimate of drug-likeness (QED) is 0.750. The van der Waals surface area contributed by atoms with E-state index < -0.39 is 0 Å². The third kappa shape index (κ3) is 4.00. The van der Waals surface area contributed by atoms with E-state index in [1.165, 1.54) is 12.8 Å². The predicted octanol–water partition coefficient (Wildman–Crippen LogP) is 3.96. The highest BCUT2D eigenvalue weighted by molar-refractivity contribution is 6.32. The molecule has 0 aliphatic heterocycles. The molecule has 1 N–H and O–H groups in total. The Hall–Kier alpha value is -1.09. The minimum atomic E-state index is 0.589. The lowest BCUT2D eigenvalue weighted by molar-refractivity contribution is 0.395. The van der Waals surface area contributed by atoms with Gasteiger partial charge in [-0.2, -0.15) is 0 Å². The molecule has 1 aromatic rings. The molecule has 0 saturated carbocycles. The van der Waals surface area contributed by atoms with Crippen molar-refractivity contribution in [2.45, 2.75) is 26.2 Å². The number of unbranched alkanes of at least 4 members (excludes halogenated alkanes) is 2. The van der Waals surface area contributed by atoms with Gasteiger partial charge in [0.2, 0.25) is 0 Å². The van der Waals surface area contributed by atoms with Crippen molar-refractivity contribution in [3.8, 4) is 11.5 Å². The molecule has 0 spiro atoms. The van der Waals surface area contributed by atoms with E-state index in [1.807, 2.05) is 6.07 Å². The van der Waals surface area contributed by atoms with Crippen molar-refractivity contribution >= 4 is 17.3 Å². The molecule has 4 heteroatoms. The van der Waals surface area contributed by atoms with Crippen LogP contribution in [-0.4, -0.2) is 20.8 Å². The van der Waals surface area contributed by atoms with Gasteiger partial charge in [0, 0.05) is 12.6 Å². The Balaban J connectivity index is 2.73. The molecular formula is C13H20ClNO2. The Morgan fingerprint density at radius 2 is 1.82 bits per heavy atom. The van der Waals surface area contributed by atoms with Crippen LogP contribution in [0.5, 0.6) is 11.5 Å². The first kappa shape index (κ1) is 14.0. The molecular weight excluding hydrogens is 238 g/mol. The normalized spacial score (nSPS) is 10.1. The van der Waals surface area contributed by atoms with Gasteiger partial charge in [0.25, 0.3) is 0 Å². The summed E-state index contributed by atoms with van der Waals surface area (Å²) >= 11 is 6.08. The fraction of sp³-hybridized carbons (Fsp3) is 0.538. The van der Waals surface area contributed by atoms with Crippen LogP contribution in [0.4, 0.5) is 5.69 Å². The van der Waals surface area contributed by atoms with Crippen LogP contribution >= 0.6 is 11.6 Å². The van der Waals surface area contributed by atoms with Gasteiger partial charge in [0.1, 0.15) is 11.5 Å². The Bertz CT molecular complexity index is 356. The van der Waals surface area contributed by atoms with Crippen molar-refractivity contribution in [3.05, 3.63) is 17.2 Å². The Morgan fingerprint density at radius 1 is 1.12 bits per heavy atom. The van der Waals surface area contributed by atoms with Crippen LogP contribution in [0.15, 0.2) is 12.1 Å². The van der Waals surface area contributed by atoms with Crippen LogP contribution in [0.2, 0.25) is 5.02 Å². The summed E-state index contributed by atoms with van der Waals surface area (Å²) in [6.07, 6.45) is 3.57. The molecule has 1 rings (SSSR count). The Morgan fingerprint density at radius 3 is 2.41 bits per heavy atom. The number of hydrogen-bond acceptors (Lipinski definition) is 3. The van der Waals surface area contributed by atoms with E-state index in [9.17, 15) is 0 Å². The maximum absolute atomic E-state index is 6.08. The van der Waals surface area contributed by atoms with Crippen LogP contribution in [0, 0.1) is 0 Å². The maximum atomic E-state index is 6.08. The zero-order chi connectivity index (χ0) is 12.7. The molecule has 0 unspecified atom stereocenters. The largest absolute Gasteiger partial charge is 0.495 e. The minimum absolute atomic E-state index is 0.589. The second kappa shape index (κ2) is 7.28. The standard InChI is InChI=1S/C13H20ClNO2/c1-4-5-6-7-15-11-8-10(14)12(16-2)9-13(11)17-3/h8-9,15H,4-7H2,1-3H3. The number of rotatable bonds is 7. The average Bonchev–Trinajstić information content (AvgIpc) is 2.35. The summed E-state index contributed by atoms with van der Waals surface area (Å²) in [5, 5.41) is 3.92. The zero-order valence-corrected chi connectivity index (χ0v) is 11.4. The summed E-state index contributed by atoms with van der Waals surface area (Å²) in [5.41, 5.74) is 0.911. The SMILES string of the molecule is CCCCCNc1cc(Cl)c(OC)cc1OC. The van der Waals surface area contributed by atoms with Crippen molar-refractivity contribution in [2.75, 3.05) is 26.1 Å². The molecule has 96 valence electrons. The smallest absolute Gasteiger partial charge is 0.145 e. The summed E-state index contributed by atoms with van der Waals surface area (Å²) in [4.78, 5) is 0. The van der Waals surface area contributed by atoms with Gasteiger partial charge in [-0.15, -0.1) is 0 Å². The van der Waals surface area contributed by atoms with Gasteiger partial charge in [-0.1, -0.05) is 31.4 Å². The number of anilines is 1. The van der Waals surface area contributed by atoms with Gasteiger partial charge in [-0.3, -0.25) is 0 Å². The lowest BCUT2D eigenvalue weighted by atomic mass is 10.2. The summed E-state index contributed by atoms with van der Waals surface area (Å²) in [5.74, 6) is 1.38. The number of nitrogens with one attached hydrogen (secondary N) is 1. The third-order valence-corrected chi connectivity index (χ3v) is 2.87. The number of benzene rings is 1. The third-order valence-electron chi connectivity index (χ3n) is 2.57. The first-order chi connectivity index (χ1) is 8.22. The number of ether oxygens (including phenoxy) is 2. The number of halogens is 1. The highest BCUT2D eigenvalue weighted by atomic mass is 35.5. The summed E-state index contributed by atoms with van der Waals surface area (Å²) < 4.78 is 10.4. The van der Waals surface area contributed by atoms with Crippen LogP contribution in [0.25, 0.3) is 0 Å². The second-order valence-electron chi connectivity index (χ2n) is 3.82. The van der Waals surface area contributed by atoms with E-state index in [2.05, 4.69) is 12.2 Å². The van der Waals surface area contributed by atoms with Crippen molar-refractivity contribution in [3.63, 3.8) is 0 Å². The van der Waals surface area contributed by atoms with Crippen LogP contribution < -0.4 is 14.8 Å². The lowest BCUT2D eigenvalue weighted by Crippen LogP contribution is -2.03. The minimum Gasteiger partial charge on any atom is -0.495 e. The van der Waals surface area contributed by atoms with Crippen LogP contribution in [-0.2, 0) is 0 Å². The van der Waals surface area contributed by atoms with Crippen LogP contribution in [0.1, 0.15) is 26.2 Å². The molecule has 0 amide bonds. The molecule has 3 nitrogen and oxygen atoms in total. The van der Waals surface area contributed by atoms with Gasteiger partial charge in [0.15, 0.2) is 0 Å². The molecule has 0 saturated heterocycles. The second-order valence-corrected chi connectivity index (χ2v) is 4.23. The first-order valence-corrected chi connectivity index (χ1v) is 6.26. The maximum Gasteiger partial charge on any atom is 0.145 e. The highest BCUT2D eigenvalue weighted by Crippen LogP contribution is 2.35. The molecule has 0 atom stereocenters. The molecule has 0 bridgehead atoms. The molecule has 0 fully saturated rings. The first-order valence-electron chi connectivity index (χ1n) is 5.88. The van der Waals surface area contributed by atoms with Gasteiger partial charge in [-0.25, -0.2) is 0 Å². The summed E-state index contributed by atoms with van der Waals surface area (Å²) in [7, 11) is 3.23. The van der Waals surface area contributed by atoms with E-state index in [4.69, 9.17) is 21.1 Å². The summed E-state index contributed by atoms with van der Waals surface area (Å²) in [6, 6.07) is 3.63. The topological polar surface area (TPSA) is 30.5 Å². The molecule has 0 aliphatic rings. The zero-order valence-electron chi connectivity index (χ0n) is 10.7. The van der Waals surface area contributed by atoms with Crippen molar-refractivity contribution in [1.29, 1.82) is 0 Å². The van der Waals surface area contributed by atoms with Gasteiger partial charge in [-0.05, 0) is 12.5 Å². The van der Waals surface area contributed by atoms with E-state index >= 15 is 0 Å². The van der Waals surface area contributed by atoms with E-state index in [-0.39, 0.29) is 0 Å². The molecule has 17 heavy (non-hydrogen) atoms. The predicted molar refractivity (Wildman–Crippen MR) is 72.6 cm³/mol. The molecule has 0 heterocycles. The van der Waals surface area contributed by atoms with E-state index in [0.29, 0.717) is 10.8 Å². The number of hydrogen-bond donors (Lipinski definition) is 1. The molecule has 0 radical (unpaired) electrons. The number of methoxy groups -OCH3 is 2. The fourth-order valence-corrected chi connectivity index (χ4v) is 1.84. The van der Waals surface area contributed by atoms with Gasteiger partial charge < -0.3 is 14.8 Å². The van der Waals surface area contributed by atoms with Crippen molar-refractivity contribution in [2.24, 2.45) is 0 Å². The van der Waals surface area contributed by atoms with Crippen molar-refractivity contribution in [1.82, 2.24) is 0 Å². The van der Waals surface area contributed by atoms with Crippen molar-refractivity contribution < 1.29 is 9.47 Å². The fourth-order valence-electron chi connectivity index (χ4n) is 1.60. The monoisotopic (exact) mass is 257 g/mol. The van der Waals surface area contributed by atoms with Crippen LogP contribution in [0.3, 0.4) is 0 Å². The lowest BCUT2D eigenvalue weighted by Gasteiger charge is -2.13. The Kier molecular flexibility index (Phi) is 5.98. The Labute approximate surface area is 108 Å². The van der Waals surface area contributed by atoms with E-state index in [0.717, 1.165) is 24.4 Å². The summed E-state index contributed by atoms with van der Waals surface area (Å²) in [6.45, 7) is 3.11.